The van der Waals surface area contributed by atoms with E-state index >= 15 is 0 Å². The van der Waals surface area contributed by atoms with Crippen molar-refractivity contribution in [1.82, 2.24) is 5.32 Å². The first-order valence-electron chi connectivity index (χ1n) is 7.65. The third-order valence-corrected chi connectivity index (χ3v) is 2.91. The number of non-ortho nitro benzene ring substituents is 1. The minimum absolute atomic E-state index is 0.0988. The number of benzene rings is 1. The van der Waals surface area contributed by atoms with Gasteiger partial charge in [0, 0.05) is 12.1 Å². The van der Waals surface area contributed by atoms with Crippen molar-refractivity contribution in [3.8, 4) is 0 Å². The van der Waals surface area contributed by atoms with E-state index in [0.29, 0.717) is 5.56 Å². The van der Waals surface area contributed by atoms with E-state index in [1.165, 1.54) is 24.3 Å². The van der Waals surface area contributed by atoms with Crippen molar-refractivity contribution >= 4 is 23.7 Å². The average molecular weight is 367 g/mol. The van der Waals surface area contributed by atoms with Gasteiger partial charge in [0.25, 0.3) is 5.69 Å². The van der Waals surface area contributed by atoms with Crippen molar-refractivity contribution in [2.75, 3.05) is 0 Å². The minimum Gasteiger partial charge on any atom is -0.459 e. The molecule has 3 N–H and O–H groups in total. The molecule has 0 heterocycles. The lowest BCUT2D eigenvalue weighted by atomic mass is 10.2. The van der Waals surface area contributed by atoms with Gasteiger partial charge in [-0.3, -0.25) is 14.9 Å². The molecule has 142 valence electrons. The van der Waals surface area contributed by atoms with Crippen LogP contribution in [0, 0.1) is 10.1 Å². The highest BCUT2D eigenvalue weighted by Crippen LogP contribution is 2.13. The molecule has 1 aromatic rings. The van der Waals surface area contributed by atoms with Gasteiger partial charge in [-0.05, 0) is 38.5 Å². The van der Waals surface area contributed by atoms with Crippen LogP contribution in [-0.2, 0) is 25.7 Å². The Morgan fingerprint density at radius 3 is 2.27 bits per heavy atom. The number of alkyl carbamates (subject to hydrolysis) is 1. The van der Waals surface area contributed by atoms with Crippen LogP contribution in [0.5, 0.6) is 0 Å². The topological polar surface area (TPSA) is 151 Å². The number of nitrogens with one attached hydrogen (secondary N) is 1. The predicted molar refractivity (Wildman–Crippen MR) is 89.9 cm³/mol. The molecule has 0 fully saturated rings. The van der Waals surface area contributed by atoms with Gasteiger partial charge < -0.3 is 20.5 Å². The fourth-order valence-corrected chi connectivity index (χ4v) is 1.81. The van der Waals surface area contributed by atoms with Gasteiger partial charge in [-0.2, -0.15) is 0 Å². The number of carbonyl (C=O) groups excluding carboxylic acids is 3. The highest BCUT2D eigenvalue weighted by Gasteiger charge is 2.27. The predicted octanol–water partition coefficient (Wildman–Crippen LogP) is 1.41. The summed E-state index contributed by atoms with van der Waals surface area (Å²) in [6.07, 6.45) is -1.35. The highest BCUT2D eigenvalue weighted by molar-refractivity contribution is 5.87. The van der Waals surface area contributed by atoms with Gasteiger partial charge >= 0.3 is 12.1 Å². The Kier molecular flexibility index (Phi) is 7.06. The Balaban J connectivity index is 2.69. The summed E-state index contributed by atoms with van der Waals surface area (Å²) in [4.78, 5) is 45.1. The van der Waals surface area contributed by atoms with Gasteiger partial charge in [-0.15, -0.1) is 0 Å². The monoisotopic (exact) mass is 367 g/mol. The molecule has 0 aromatic heterocycles. The number of nitro groups is 1. The lowest BCUT2D eigenvalue weighted by molar-refractivity contribution is -0.384. The molecule has 10 nitrogen and oxygen atoms in total. The van der Waals surface area contributed by atoms with Crippen molar-refractivity contribution < 1.29 is 28.8 Å². The van der Waals surface area contributed by atoms with Crippen molar-refractivity contribution in [3.05, 3.63) is 39.9 Å². The normalized spacial score (nSPS) is 12.0. The summed E-state index contributed by atoms with van der Waals surface area (Å²) in [6.45, 7) is 4.73. The van der Waals surface area contributed by atoms with Crippen molar-refractivity contribution in [1.29, 1.82) is 0 Å². The zero-order valence-corrected chi connectivity index (χ0v) is 14.7. The molecular weight excluding hydrogens is 346 g/mol. The van der Waals surface area contributed by atoms with Crippen LogP contribution in [0.3, 0.4) is 0 Å². The molecule has 0 saturated heterocycles. The van der Waals surface area contributed by atoms with Crippen LogP contribution in [0.15, 0.2) is 24.3 Å². The number of rotatable bonds is 7. The molecule has 0 radical (unpaired) electrons. The van der Waals surface area contributed by atoms with Crippen molar-refractivity contribution in [2.24, 2.45) is 5.73 Å². The first kappa shape index (κ1) is 20.9. The number of ether oxygens (including phenoxy) is 2. The number of nitrogens with zero attached hydrogens (tertiary/aromatic N) is 1. The maximum Gasteiger partial charge on any atom is 0.408 e. The minimum atomic E-state index is -1.31. The smallest absolute Gasteiger partial charge is 0.408 e. The van der Waals surface area contributed by atoms with Gasteiger partial charge in [-0.1, -0.05) is 0 Å². The van der Waals surface area contributed by atoms with Gasteiger partial charge in [0.2, 0.25) is 5.91 Å². The molecule has 26 heavy (non-hydrogen) atoms. The van der Waals surface area contributed by atoms with E-state index in [2.05, 4.69) is 5.32 Å². The molecule has 0 aliphatic carbocycles. The van der Waals surface area contributed by atoms with Crippen LogP contribution in [0.4, 0.5) is 10.5 Å². The summed E-state index contributed by atoms with van der Waals surface area (Å²) in [7, 11) is 0. The van der Waals surface area contributed by atoms with Crippen LogP contribution < -0.4 is 11.1 Å². The van der Waals surface area contributed by atoms with E-state index in [0.717, 1.165) is 0 Å². The number of hydrogen-bond donors (Lipinski definition) is 2. The zero-order valence-electron chi connectivity index (χ0n) is 14.7. The molecule has 2 amide bonds. The number of hydrogen-bond acceptors (Lipinski definition) is 7. The molecule has 0 bridgehead atoms. The first-order valence-corrected chi connectivity index (χ1v) is 7.65. The summed E-state index contributed by atoms with van der Waals surface area (Å²) in [5, 5.41) is 12.8. The quantitative estimate of drug-likeness (QED) is 0.420. The SMILES string of the molecule is CC(C)(C)OC(=O)N[C@H](CC(N)=O)C(=O)OCc1ccc([N+](=O)[O-])cc1. The van der Waals surface area contributed by atoms with Crippen LogP contribution in [0.25, 0.3) is 0 Å². The average Bonchev–Trinajstić information content (AvgIpc) is 2.50. The van der Waals surface area contributed by atoms with E-state index in [-0.39, 0.29) is 12.3 Å². The van der Waals surface area contributed by atoms with Gasteiger partial charge in [0.1, 0.15) is 18.2 Å². The van der Waals surface area contributed by atoms with Crippen LogP contribution >= 0.6 is 0 Å². The van der Waals surface area contributed by atoms with Crippen molar-refractivity contribution in [3.63, 3.8) is 0 Å². The molecule has 1 atom stereocenters. The lowest BCUT2D eigenvalue weighted by Crippen LogP contribution is -2.46. The number of nitro benzene ring substituents is 1. The maximum atomic E-state index is 12.1. The molecule has 0 spiro atoms. The summed E-state index contributed by atoms with van der Waals surface area (Å²) in [5.74, 6) is -1.69. The Morgan fingerprint density at radius 2 is 1.81 bits per heavy atom. The molecule has 10 heteroatoms. The van der Waals surface area contributed by atoms with Crippen LogP contribution in [0.1, 0.15) is 32.8 Å². The zero-order chi connectivity index (χ0) is 19.9. The second-order valence-electron chi connectivity index (χ2n) is 6.40. The lowest BCUT2D eigenvalue weighted by Gasteiger charge is -2.22. The molecule has 1 aromatic carbocycles. The molecular formula is C16H21N3O7. The summed E-state index contributed by atoms with van der Waals surface area (Å²) < 4.78 is 10.1. The van der Waals surface area contributed by atoms with E-state index < -0.39 is 41.0 Å². The fourth-order valence-electron chi connectivity index (χ4n) is 1.81. The van der Waals surface area contributed by atoms with E-state index in [1.807, 2.05) is 0 Å². The van der Waals surface area contributed by atoms with Crippen LogP contribution in [0.2, 0.25) is 0 Å². The van der Waals surface area contributed by atoms with E-state index in [4.69, 9.17) is 15.2 Å². The number of primary amides is 1. The second kappa shape index (κ2) is 8.79. The first-order chi connectivity index (χ1) is 12.0. The maximum absolute atomic E-state index is 12.1. The van der Waals surface area contributed by atoms with Crippen LogP contribution in [-0.4, -0.2) is 34.5 Å². The fraction of sp³-hybridized carbons (Fsp3) is 0.438. The number of amides is 2. The Hall–Kier alpha value is -3.17. The Morgan fingerprint density at radius 1 is 1.23 bits per heavy atom. The third-order valence-electron chi connectivity index (χ3n) is 2.91. The number of nitrogens with two attached hydrogens (primary N) is 1. The molecule has 1 rings (SSSR count). The number of carbonyl (C=O) groups is 3. The largest absolute Gasteiger partial charge is 0.459 e. The van der Waals surface area contributed by atoms with Gasteiger partial charge in [-0.25, -0.2) is 9.59 Å². The van der Waals surface area contributed by atoms with E-state index in [1.54, 1.807) is 20.8 Å². The van der Waals surface area contributed by atoms with Gasteiger partial charge in [0.05, 0.1) is 11.3 Å². The summed E-state index contributed by atoms with van der Waals surface area (Å²) in [6, 6.07) is 4.08. The van der Waals surface area contributed by atoms with Crippen molar-refractivity contribution in [2.45, 2.75) is 45.4 Å². The standard InChI is InChI=1S/C16H21N3O7/c1-16(2,3)26-15(22)18-12(8-13(17)20)14(21)25-9-10-4-6-11(7-5-10)19(23)24/h4-7,12H,8-9H2,1-3H3,(H2,17,20)(H,18,22)/t12-/m1/s1. The van der Waals surface area contributed by atoms with Gasteiger partial charge in [0.15, 0.2) is 0 Å². The third kappa shape index (κ3) is 7.60. The summed E-state index contributed by atoms with van der Waals surface area (Å²) >= 11 is 0. The molecule has 0 saturated carbocycles. The number of esters is 1. The second-order valence-corrected chi connectivity index (χ2v) is 6.40. The van der Waals surface area contributed by atoms with E-state index in [9.17, 15) is 24.5 Å². The highest BCUT2D eigenvalue weighted by atomic mass is 16.6. The Bertz CT molecular complexity index is 680. The summed E-state index contributed by atoms with van der Waals surface area (Å²) in [5.41, 5.74) is 4.70. The molecule has 0 unspecified atom stereocenters. The Labute approximate surface area is 149 Å². The molecule has 0 aliphatic heterocycles. The molecule has 0 aliphatic rings.